The minimum atomic E-state index is 0.669. The summed E-state index contributed by atoms with van der Waals surface area (Å²) in [4.78, 5) is 12.0. The minimum absolute atomic E-state index is 0.669. The van der Waals surface area contributed by atoms with E-state index in [1.54, 1.807) is 6.08 Å². The van der Waals surface area contributed by atoms with Crippen LogP contribution in [0.15, 0.2) is 230 Å². The van der Waals surface area contributed by atoms with Gasteiger partial charge in [-0.3, -0.25) is 4.99 Å². The van der Waals surface area contributed by atoms with Gasteiger partial charge in [0.1, 0.15) is 5.69 Å². The number of para-hydroxylation sites is 1. The molecule has 0 N–H and O–H groups in total. The molecule has 0 unspecified atom stereocenters. The molecule has 8 rings (SSSR count). The van der Waals surface area contributed by atoms with Gasteiger partial charge in [-0.15, -0.1) is 0 Å². The number of nitrogens with zero attached hydrogens (tertiary/aromatic N) is 4. The highest BCUT2D eigenvalue weighted by Gasteiger charge is 2.31. The lowest BCUT2D eigenvalue weighted by molar-refractivity contribution is 1.05. The maximum Gasteiger partial charge on any atom is 0.113 e. The molecule has 0 amide bonds. The second-order valence-corrected chi connectivity index (χ2v) is 13.7. The van der Waals surface area contributed by atoms with Crippen molar-refractivity contribution in [1.29, 1.82) is 0 Å². The molecule has 4 heteroatoms. The number of aliphatic imine (C=N–C) groups is 1. The van der Waals surface area contributed by atoms with E-state index < -0.39 is 0 Å². The molecule has 4 nitrogen and oxygen atoms in total. The highest BCUT2D eigenvalue weighted by atomic mass is 15.2. The van der Waals surface area contributed by atoms with Crippen LogP contribution in [-0.4, -0.2) is 13.3 Å². The minimum Gasteiger partial charge on any atom is -0.341 e. The van der Waals surface area contributed by atoms with Gasteiger partial charge < -0.3 is 14.7 Å². The van der Waals surface area contributed by atoms with Crippen molar-refractivity contribution in [2.45, 2.75) is 20.3 Å². The molecule has 6 aromatic rings. The first-order valence-electron chi connectivity index (χ1n) is 20.2. The molecular weight excluding hydrogens is 717 g/mol. The third kappa shape index (κ3) is 8.34. The van der Waals surface area contributed by atoms with Gasteiger partial charge >= 0.3 is 0 Å². The van der Waals surface area contributed by atoms with E-state index in [-0.39, 0.29) is 0 Å². The van der Waals surface area contributed by atoms with Crippen LogP contribution in [0.4, 0.5) is 39.8 Å². The van der Waals surface area contributed by atoms with Gasteiger partial charge in [0.05, 0.1) is 17.1 Å². The van der Waals surface area contributed by atoms with Crippen LogP contribution in [0.5, 0.6) is 0 Å². The number of anilines is 6. The lowest BCUT2D eigenvalue weighted by Gasteiger charge is -2.37. The second-order valence-electron chi connectivity index (χ2n) is 13.7. The first-order valence-corrected chi connectivity index (χ1v) is 20.2. The predicted octanol–water partition coefficient (Wildman–Crippen LogP) is 15.5. The van der Waals surface area contributed by atoms with E-state index in [9.17, 15) is 0 Å². The Kier molecular flexibility index (Phi) is 12.9. The van der Waals surface area contributed by atoms with Crippen LogP contribution in [-0.2, 0) is 0 Å². The van der Waals surface area contributed by atoms with Crippen molar-refractivity contribution < 1.29 is 0 Å². The fourth-order valence-corrected chi connectivity index (χ4v) is 7.68. The molecule has 0 radical (unpaired) electrons. The van der Waals surface area contributed by atoms with Crippen molar-refractivity contribution in [3.8, 4) is 11.1 Å². The molecule has 2 aliphatic rings. The molecule has 0 fully saturated rings. The van der Waals surface area contributed by atoms with E-state index in [1.165, 1.54) is 5.56 Å². The molecule has 0 aromatic heterocycles. The van der Waals surface area contributed by atoms with Gasteiger partial charge in [-0.2, -0.15) is 0 Å². The van der Waals surface area contributed by atoms with E-state index in [0.717, 1.165) is 79.4 Å². The molecule has 0 saturated heterocycles. The summed E-state index contributed by atoms with van der Waals surface area (Å²) < 4.78 is 0. The van der Waals surface area contributed by atoms with Crippen LogP contribution in [0.3, 0.4) is 0 Å². The molecule has 290 valence electrons. The van der Waals surface area contributed by atoms with E-state index in [0.29, 0.717) is 6.54 Å². The number of fused-ring (bicyclic) bond motifs is 1. The summed E-state index contributed by atoms with van der Waals surface area (Å²) in [6.07, 6.45) is 25.6. The lowest BCUT2D eigenvalue weighted by Crippen LogP contribution is -2.24. The van der Waals surface area contributed by atoms with E-state index in [4.69, 9.17) is 4.99 Å². The van der Waals surface area contributed by atoms with Crippen molar-refractivity contribution in [2.75, 3.05) is 21.2 Å². The molecule has 0 bridgehead atoms. The second kappa shape index (κ2) is 19.1. The smallest absolute Gasteiger partial charge is 0.113 e. The third-order valence-electron chi connectivity index (χ3n) is 10.3. The van der Waals surface area contributed by atoms with Gasteiger partial charge in [0.2, 0.25) is 0 Å². The fraction of sp³-hybridized carbons (Fsp3) is 0.0727. The Bertz CT molecular complexity index is 2600. The van der Waals surface area contributed by atoms with Crippen molar-refractivity contribution in [3.05, 3.63) is 231 Å². The number of allylic oxidation sites excluding steroid dienone is 11. The van der Waals surface area contributed by atoms with Gasteiger partial charge in [0.15, 0.2) is 0 Å². The van der Waals surface area contributed by atoms with Crippen molar-refractivity contribution in [3.63, 3.8) is 0 Å². The number of rotatable bonds is 12. The van der Waals surface area contributed by atoms with E-state index in [2.05, 4.69) is 223 Å². The molecule has 59 heavy (non-hydrogen) atoms. The monoisotopic (exact) mass is 766 g/mol. The average Bonchev–Trinajstić information content (AvgIpc) is 3.60. The van der Waals surface area contributed by atoms with Gasteiger partial charge in [0, 0.05) is 52.7 Å². The van der Waals surface area contributed by atoms with Crippen LogP contribution in [0, 0.1) is 0 Å². The molecular formula is C55H50N4. The molecule has 1 aliphatic heterocycles. The summed E-state index contributed by atoms with van der Waals surface area (Å²) in [6, 6.07) is 47.3. The number of benzene rings is 6. The van der Waals surface area contributed by atoms with Gasteiger partial charge in [0.25, 0.3) is 0 Å². The first kappa shape index (κ1) is 39.8. The summed E-state index contributed by atoms with van der Waals surface area (Å²) in [5.41, 5.74) is 12.3. The van der Waals surface area contributed by atoms with Crippen molar-refractivity contribution in [2.24, 2.45) is 4.99 Å². The Morgan fingerprint density at radius 3 is 1.85 bits per heavy atom. The van der Waals surface area contributed by atoms with Crippen LogP contribution in [0.25, 0.3) is 27.5 Å². The Labute approximate surface area is 350 Å². The number of hydrogen-bond donors (Lipinski definition) is 0. The van der Waals surface area contributed by atoms with E-state index in [1.807, 2.05) is 26.0 Å². The molecule has 6 aromatic carbocycles. The van der Waals surface area contributed by atoms with Crippen LogP contribution < -0.4 is 14.7 Å². The highest BCUT2D eigenvalue weighted by molar-refractivity contribution is 6.18. The molecule has 1 aliphatic carbocycles. The van der Waals surface area contributed by atoms with Gasteiger partial charge in [-0.05, 0) is 77.5 Å². The van der Waals surface area contributed by atoms with Crippen molar-refractivity contribution in [1.82, 2.24) is 0 Å². The quantitative estimate of drug-likeness (QED) is 0.0915. The average molecular weight is 767 g/mol. The van der Waals surface area contributed by atoms with Gasteiger partial charge in [-0.25, -0.2) is 0 Å². The zero-order chi connectivity index (χ0) is 41.0. The van der Waals surface area contributed by atoms with Crippen LogP contribution >= 0.6 is 0 Å². The molecule has 1 heterocycles. The molecule has 0 spiro atoms. The summed E-state index contributed by atoms with van der Waals surface area (Å²) in [6.45, 7) is 16.9. The fourth-order valence-electron chi connectivity index (χ4n) is 7.68. The normalized spacial score (nSPS) is 13.2. The van der Waals surface area contributed by atoms with Crippen LogP contribution in [0.1, 0.15) is 25.8 Å². The Hall–Kier alpha value is -7.43. The summed E-state index contributed by atoms with van der Waals surface area (Å²) in [5.74, 6) is 0. The topological polar surface area (TPSA) is 22.1 Å². The third-order valence-corrected chi connectivity index (χ3v) is 10.3. The largest absolute Gasteiger partial charge is 0.341 e. The lowest BCUT2D eigenvalue weighted by atomic mass is 9.97. The maximum absolute atomic E-state index is 5.01. The Morgan fingerprint density at radius 1 is 0.610 bits per heavy atom. The molecule has 0 saturated carbocycles. The Balaban J connectivity index is 0.00000260. The summed E-state index contributed by atoms with van der Waals surface area (Å²) in [7, 11) is 0. The zero-order valence-electron chi connectivity index (χ0n) is 34.0. The first-order chi connectivity index (χ1) is 29.2. The van der Waals surface area contributed by atoms with Crippen molar-refractivity contribution >= 4 is 62.9 Å². The zero-order valence-corrected chi connectivity index (χ0v) is 34.0. The summed E-state index contributed by atoms with van der Waals surface area (Å²) in [5, 5.41) is 2.14. The van der Waals surface area contributed by atoms with Crippen LogP contribution in [0.2, 0.25) is 0 Å². The Morgan fingerprint density at radius 2 is 1.20 bits per heavy atom. The SMILES string of the molecule is C=C/C=C(\C=C)c1ccc(N(C2=CC=CC=CC2)c2c(N=C)c(N3C=CC=CC3)c(N(c3ccccc3)c3ccc(-c4ccccc4)cc3)c3ccccc23)cc1.CC. The number of hydrogen-bond acceptors (Lipinski definition) is 4. The van der Waals surface area contributed by atoms with E-state index >= 15 is 0 Å². The highest BCUT2D eigenvalue weighted by Crippen LogP contribution is 2.56. The molecule has 0 atom stereocenters. The predicted molar refractivity (Wildman–Crippen MR) is 258 cm³/mol. The summed E-state index contributed by atoms with van der Waals surface area (Å²) >= 11 is 0. The van der Waals surface area contributed by atoms with Gasteiger partial charge in [-0.1, -0.05) is 179 Å². The maximum atomic E-state index is 5.01. The standard InChI is InChI=1S/C53H44N4.C2H6/c1-4-21-40(5-2)42-30-34-46(35-31-42)56(44-24-13-6-7-14-25-44)51-48-28-17-18-29-49(48)52(53(50(51)54-3)55-38-19-10-20-39-55)57(45-26-15-9-16-27-45)47-36-32-43(33-37-47)41-22-11-8-12-23-41;1-2/h4-24,26-38H,1-3,25,39H2;1-2H3/b40-21+;.